The van der Waals surface area contributed by atoms with Crippen LogP contribution < -0.4 is 5.73 Å². The van der Waals surface area contributed by atoms with Gasteiger partial charge in [-0.3, -0.25) is 5.10 Å². The van der Waals surface area contributed by atoms with Crippen molar-refractivity contribution in [1.82, 2.24) is 15.2 Å². The van der Waals surface area contributed by atoms with Gasteiger partial charge in [-0.1, -0.05) is 0 Å². The average Bonchev–Trinajstić information content (AvgIpc) is 2.97. The summed E-state index contributed by atoms with van der Waals surface area (Å²) < 4.78 is 39.0. The summed E-state index contributed by atoms with van der Waals surface area (Å²) in [6, 6.07) is 4.75. The van der Waals surface area contributed by atoms with E-state index in [2.05, 4.69) is 10.1 Å². The number of fused-ring (bicyclic) bond motifs is 1. The molecule has 8 heteroatoms. The lowest BCUT2D eigenvalue weighted by Gasteiger charge is -2.11. The fourth-order valence-corrected chi connectivity index (χ4v) is 2.56. The van der Waals surface area contributed by atoms with Crippen LogP contribution in [-0.4, -0.2) is 21.4 Å². The maximum absolute atomic E-state index is 13.0. The van der Waals surface area contributed by atoms with Crippen molar-refractivity contribution in [2.45, 2.75) is 13.1 Å². The third-order valence-corrected chi connectivity index (χ3v) is 3.59. The van der Waals surface area contributed by atoms with E-state index >= 15 is 0 Å². The summed E-state index contributed by atoms with van der Waals surface area (Å²) in [5, 5.41) is 13.6. The van der Waals surface area contributed by atoms with Crippen molar-refractivity contribution < 1.29 is 13.2 Å². The summed E-state index contributed by atoms with van der Waals surface area (Å²) in [5.74, 6) is 0. The molecule has 5 nitrogen and oxygen atoms in total. The van der Waals surface area contributed by atoms with Gasteiger partial charge in [0.15, 0.2) is 0 Å². The molecule has 118 valence electrons. The monoisotopic (exact) mass is 319 g/mol. The lowest BCUT2D eigenvalue weighted by Crippen LogP contribution is -2.08. The second-order valence-electron chi connectivity index (χ2n) is 5.09. The Morgan fingerprint density at radius 3 is 2.70 bits per heavy atom. The minimum Gasteiger partial charge on any atom is -0.398 e. The number of aromatic nitrogens is 3. The molecule has 0 fully saturated rings. The number of nitrogens with one attached hydrogen (secondary N) is 2. The van der Waals surface area contributed by atoms with Crippen molar-refractivity contribution >= 4 is 22.8 Å². The predicted octanol–water partition coefficient (Wildman–Crippen LogP) is 3.53. The van der Waals surface area contributed by atoms with Crippen LogP contribution in [0, 0.1) is 12.3 Å². The lowest BCUT2D eigenvalue weighted by molar-refractivity contribution is -0.140. The van der Waals surface area contributed by atoms with E-state index in [9.17, 15) is 13.2 Å². The van der Waals surface area contributed by atoms with Crippen molar-refractivity contribution in [2.24, 2.45) is 0 Å². The van der Waals surface area contributed by atoms with Crippen LogP contribution in [0.15, 0.2) is 24.4 Å². The van der Waals surface area contributed by atoms with Crippen LogP contribution in [0.4, 0.5) is 18.9 Å². The summed E-state index contributed by atoms with van der Waals surface area (Å²) in [7, 11) is 0. The highest BCUT2D eigenvalue weighted by Gasteiger charge is 2.36. The summed E-state index contributed by atoms with van der Waals surface area (Å²) in [4.78, 5) is 4.28. The topological polar surface area (TPSA) is 91.4 Å². The van der Waals surface area contributed by atoms with E-state index in [-0.39, 0.29) is 11.3 Å². The van der Waals surface area contributed by atoms with E-state index in [1.165, 1.54) is 6.07 Å². The Bertz CT molecular complexity index is 911. The van der Waals surface area contributed by atoms with E-state index < -0.39 is 11.9 Å². The second kappa shape index (κ2) is 5.08. The molecule has 23 heavy (non-hydrogen) atoms. The molecule has 0 spiro atoms. The Balaban J connectivity index is 2.29. The van der Waals surface area contributed by atoms with Crippen LogP contribution >= 0.6 is 0 Å². The quantitative estimate of drug-likeness (QED) is 0.498. The fourth-order valence-electron chi connectivity index (χ4n) is 2.56. The zero-order valence-electron chi connectivity index (χ0n) is 12.0. The number of nitrogen functional groups attached to an aromatic ring is 1. The number of pyridine rings is 1. The first-order valence-corrected chi connectivity index (χ1v) is 6.64. The minimum absolute atomic E-state index is 0.115. The molecule has 0 saturated heterocycles. The fraction of sp³-hybridized carbons (Fsp3) is 0.133. The van der Waals surface area contributed by atoms with Gasteiger partial charge in [0.2, 0.25) is 0 Å². The number of benzene rings is 1. The number of H-pyrrole nitrogens is 1. The van der Waals surface area contributed by atoms with E-state index in [0.717, 1.165) is 12.4 Å². The van der Waals surface area contributed by atoms with Gasteiger partial charge in [-0.2, -0.15) is 18.3 Å². The Kier molecular flexibility index (Phi) is 3.32. The van der Waals surface area contributed by atoms with Crippen LogP contribution in [0.5, 0.6) is 0 Å². The molecule has 0 atom stereocenters. The molecule has 3 aromatic rings. The molecule has 0 aliphatic rings. The Labute approximate surface area is 128 Å². The van der Waals surface area contributed by atoms with Crippen molar-refractivity contribution in [2.75, 3.05) is 5.73 Å². The Hall–Kier alpha value is -2.90. The van der Waals surface area contributed by atoms with Crippen molar-refractivity contribution in [3.63, 3.8) is 0 Å². The SMILES string of the molecule is Cc1cc(-c2cn[nH]c2C(F)(F)F)nc2ccc(N)c(C=N)c12. The number of aryl methyl sites for hydroxylation is 1. The van der Waals surface area contributed by atoms with Crippen LogP contribution in [0.2, 0.25) is 0 Å². The number of nitrogens with two attached hydrogens (primary N) is 1. The maximum atomic E-state index is 13.0. The Morgan fingerprint density at radius 1 is 1.30 bits per heavy atom. The number of alkyl halides is 3. The molecule has 0 radical (unpaired) electrons. The van der Waals surface area contributed by atoms with Crippen molar-refractivity contribution in [1.29, 1.82) is 5.41 Å². The zero-order chi connectivity index (χ0) is 16.8. The highest BCUT2D eigenvalue weighted by atomic mass is 19.4. The first kappa shape index (κ1) is 15.0. The van der Waals surface area contributed by atoms with E-state index in [0.29, 0.717) is 27.7 Å². The van der Waals surface area contributed by atoms with Gasteiger partial charge >= 0.3 is 6.18 Å². The summed E-state index contributed by atoms with van der Waals surface area (Å²) in [5.41, 5.74) is 7.03. The van der Waals surface area contributed by atoms with Gasteiger partial charge in [-0.15, -0.1) is 0 Å². The van der Waals surface area contributed by atoms with E-state index in [4.69, 9.17) is 11.1 Å². The molecular weight excluding hydrogens is 307 g/mol. The minimum atomic E-state index is -4.54. The maximum Gasteiger partial charge on any atom is 0.433 e. The van der Waals surface area contributed by atoms with Crippen LogP contribution in [-0.2, 0) is 6.18 Å². The summed E-state index contributed by atoms with van der Waals surface area (Å²) >= 11 is 0. The number of aromatic amines is 1. The summed E-state index contributed by atoms with van der Waals surface area (Å²) in [6.45, 7) is 1.74. The highest BCUT2D eigenvalue weighted by Crippen LogP contribution is 2.36. The van der Waals surface area contributed by atoms with Crippen LogP contribution in [0.25, 0.3) is 22.2 Å². The zero-order valence-corrected chi connectivity index (χ0v) is 12.0. The normalized spacial score (nSPS) is 11.8. The Morgan fingerprint density at radius 2 is 2.04 bits per heavy atom. The van der Waals surface area contributed by atoms with Gasteiger partial charge < -0.3 is 11.1 Å². The largest absolute Gasteiger partial charge is 0.433 e. The first-order valence-electron chi connectivity index (χ1n) is 6.64. The molecule has 0 aliphatic carbocycles. The highest BCUT2D eigenvalue weighted by molar-refractivity contribution is 6.04. The van der Waals surface area contributed by atoms with Gasteiger partial charge in [-0.05, 0) is 30.7 Å². The number of nitrogens with zero attached hydrogens (tertiary/aromatic N) is 2. The number of rotatable bonds is 2. The summed E-state index contributed by atoms with van der Waals surface area (Å²) in [6.07, 6.45) is -2.33. The van der Waals surface area contributed by atoms with Crippen LogP contribution in [0.3, 0.4) is 0 Å². The van der Waals surface area contributed by atoms with Gasteiger partial charge in [0.25, 0.3) is 0 Å². The smallest absolute Gasteiger partial charge is 0.398 e. The van der Waals surface area contributed by atoms with Crippen molar-refractivity contribution in [3.8, 4) is 11.3 Å². The molecule has 2 aromatic heterocycles. The van der Waals surface area contributed by atoms with E-state index in [1.54, 1.807) is 19.1 Å². The molecule has 0 saturated carbocycles. The molecule has 1 aromatic carbocycles. The standard InChI is InChI=1S/C15H12F3N5/c1-7-4-12(9-6-21-23-14(9)15(16,17)18)22-11-3-2-10(20)8(5-19)13(7)11/h2-6,19H,20H2,1H3,(H,21,23). The third-order valence-electron chi connectivity index (χ3n) is 3.59. The molecule has 3 rings (SSSR count). The third kappa shape index (κ3) is 2.41. The molecule has 0 aliphatic heterocycles. The van der Waals surface area contributed by atoms with Crippen LogP contribution in [0.1, 0.15) is 16.8 Å². The first-order chi connectivity index (χ1) is 10.8. The van der Waals surface area contributed by atoms with Gasteiger partial charge in [0.1, 0.15) is 5.69 Å². The average molecular weight is 319 g/mol. The predicted molar refractivity (Wildman–Crippen MR) is 81.4 cm³/mol. The van der Waals surface area contributed by atoms with E-state index in [1.807, 2.05) is 5.10 Å². The van der Waals surface area contributed by atoms with Gasteiger partial charge in [0, 0.05) is 22.9 Å². The molecule has 0 bridgehead atoms. The molecule has 0 unspecified atom stereocenters. The van der Waals surface area contributed by atoms with Gasteiger partial charge in [-0.25, -0.2) is 4.98 Å². The molecule has 4 N–H and O–H groups in total. The van der Waals surface area contributed by atoms with Crippen molar-refractivity contribution in [3.05, 3.63) is 41.2 Å². The number of hydrogen-bond acceptors (Lipinski definition) is 4. The second-order valence-corrected chi connectivity index (χ2v) is 5.09. The molecule has 2 heterocycles. The number of anilines is 1. The molecule has 0 amide bonds. The lowest BCUT2D eigenvalue weighted by atomic mass is 10.0. The van der Waals surface area contributed by atoms with Gasteiger partial charge in [0.05, 0.1) is 23.0 Å². The number of halogens is 3. The molecular formula is C15H12F3N5. The number of hydrogen-bond donors (Lipinski definition) is 3.